The summed E-state index contributed by atoms with van der Waals surface area (Å²) in [5.41, 5.74) is 3.69. The van der Waals surface area contributed by atoms with Crippen molar-refractivity contribution in [2.75, 3.05) is 11.9 Å². The summed E-state index contributed by atoms with van der Waals surface area (Å²) in [5.74, 6) is -0.530. The molecular formula is C28H25FN4O2. The van der Waals surface area contributed by atoms with Crippen LogP contribution in [0.1, 0.15) is 28.8 Å². The van der Waals surface area contributed by atoms with Crippen LogP contribution in [0.2, 0.25) is 0 Å². The molecule has 5 rings (SSSR count). The molecule has 2 amide bonds. The van der Waals surface area contributed by atoms with Crippen LogP contribution in [0.25, 0.3) is 16.9 Å². The zero-order valence-corrected chi connectivity index (χ0v) is 19.3. The summed E-state index contributed by atoms with van der Waals surface area (Å²) in [7, 11) is 0. The molecule has 1 aliphatic carbocycles. The first-order valence-corrected chi connectivity index (χ1v) is 11.6. The van der Waals surface area contributed by atoms with Gasteiger partial charge in [-0.3, -0.25) is 19.5 Å². The molecule has 1 aliphatic rings. The molecule has 0 aliphatic heterocycles. The van der Waals surface area contributed by atoms with E-state index in [1.165, 1.54) is 12.1 Å². The van der Waals surface area contributed by atoms with Crippen molar-refractivity contribution < 1.29 is 14.0 Å². The monoisotopic (exact) mass is 468 g/mol. The lowest BCUT2D eigenvalue weighted by molar-refractivity contribution is -0.117. The number of benzene rings is 3. The number of nitrogens with zero attached hydrogens (tertiary/aromatic N) is 3. The van der Waals surface area contributed by atoms with E-state index >= 15 is 0 Å². The number of halogens is 1. The number of aryl methyl sites for hydroxylation is 1. The Kier molecular flexibility index (Phi) is 6.14. The Morgan fingerprint density at radius 1 is 1.00 bits per heavy atom. The van der Waals surface area contributed by atoms with Crippen LogP contribution in [0.4, 0.5) is 10.3 Å². The second-order valence-corrected chi connectivity index (χ2v) is 8.69. The number of hydrogen-bond donors (Lipinski definition) is 1. The van der Waals surface area contributed by atoms with Crippen LogP contribution < -0.4 is 5.32 Å². The van der Waals surface area contributed by atoms with Crippen molar-refractivity contribution in [3.63, 3.8) is 0 Å². The normalized spacial score (nSPS) is 12.9. The summed E-state index contributed by atoms with van der Waals surface area (Å²) < 4.78 is 15.2. The van der Waals surface area contributed by atoms with E-state index in [0.717, 1.165) is 24.0 Å². The van der Waals surface area contributed by atoms with E-state index in [1.54, 1.807) is 33.9 Å². The standard InChI is InChI=1S/C28H25FN4O2/c1-19-7-5-6-10-24(19)27(35)32(22-15-16-22)18-26(34)31-28-30-25(20-8-3-2-4-9-20)17-33(28)23-13-11-21(29)12-14-23/h2-14,17,22H,15-16,18H2,1H3,(H,30,31,34). The Bertz CT molecular complexity index is 1360. The number of carbonyl (C=O) groups is 2. The van der Waals surface area contributed by atoms with E-state index < -0.39 is 0 Å². The topological polar surface area (TPSA) is 67.2 Å². The first-order chi connectivity index (χ1) is 17.0. The molecule has 1 saturated carbocycles. The molecule has 3 aromatic carbocycles. The van der Waals surface area contributed by atoms with Gasteiger partial charge in [-0.15, -0.1) is 0 Å². The van der Waals surface area contributed by atoms with E-state index in [1.807, 2.05) is 55.5 Å². The Labute approximate surface area is 203 Å². The molecule has 6 nitrogen and oxygen atoms in total. The maximum absolute atomic E-state index is 13.5. The highest BCUT2D eigenvalue weighted by Gasteiger charge is 2.35. The number of anilines is 1. The van der Waals surface area contributed by atoms with Crippen LogP contribution in [0, 0.1) is 12.7 Å². The fraction of sp³-hybridized carbons (Fsp3) is 0.179. The van der Waals surface area contributed by atoms with Gasteiger partial charge in [0.25, 0.3) is 5.91 Å². The lowest BCUT2D eigenvalue weighted by atomic mass is 10.1. The predicted molar refractivity (Wildman–Crippen MR) is 133 cm³/mol. The number of aromatic nitrogens is 2. The van der Waals surface area contributed by atoms with Crippen molar-refractivity contribution in [3.8, 4) is 16.9 Å². The van der Waals surface area contributed by atoms with Crippen LogP contribution in [0.3, 0.4) is 0 Å². The van der Waals surface area contributed by atoms with Gasteiger partial charge in [0.15, 0.2) is 0 Å². The van der Waals surface area contributed by atoms with Crippen LogP contribution in [-0.4, -0.2) is 38.9 Å². The minimum atomic E-state index is -0.350. The third kappa shape index (κ3) is 4.99. The highest BCUT2D eigenvalue weighted by molar-refractivity contribution is 6.00. The van der Waals surface area contributed by atoms with E-state index in [9.17, 15) is 14.0 Å². The fourth-order valence-electron chi connectivity index (χ4n) is 4.05. The predicted octanol–water partition coefficient (Wildman–Crippen LogP) is 5.23. The smallest absolute Gasteiger partial charge is 0.254 e. The minimum absolute atomic E-state index is 0.0598. The molecule has 1 aromatic heterocycles. The van der Waals surface area contributed by atoms with Gasteiger partial charge >= 0.3 is 0 Å². The second-order valence-electron chi connectivity index (χ2n) is 8.69. The van der Waals surface area contributed by atoms with Gasteiger partial charge in [-0.25, -0.2) is 9.37 Å². The van der Waals surface area contributed by atoms with Gasteiger partial charge in [0, 0.05) is 29.1 Å². The molecule has 0 spiro atoms. The van der Waals surface area contributed by atoms with Gasteiger partial charge in [0.2, 0.25) is 11.9 Å². The van der Waals surface area contributed by atoms with Crippen molar-refractivity contribution in [2.45, 2.75) is 25.8 Å². The number of imidazole rings is 1. The van der Waals surface area contributed by atoms with Gasteiger partial charge in [-0.1, -0.05) is 48.5 Å². The molecule has 1 heterocycles. The van der Waals surface area contributed by atoms with Gasteiger partial charge in [0.1, 0.15) is 12.4 Å². The Hall–Kier alpha value is -4.26. The third-order valence-electron chi connectivity index (χ3n) is 6.07. The number of amides is 2. The SMILES string of the molecule is Cc1ccccc1C(=O)N(CC(=O)Nc1nc(-c2ccccc2)cn1-c1ccc(F)cc1)C1CC1. The molecule has 1 N–H and O–H groups in total. The van der Waals surface area contributed by atoms with Gasteiger partial charge < -0.3 is 4.90 Å². The minimum Gasteiger partial charge on any atom is -0.326 e. The zero-order valence-electron chi connectivity index (χ0n) is 19.3. The zero-order chi connectivity index (χ0) is 24.4. The highest BCUT2D eigenvalue weighted by atomic mass is 19.1. The number of nitrogens with one attached hydrogen (secondary N) is 1. The van der Waals surface area contributed by atoms with E-state index in [2.05, 4.69) is 10.3 Å². The van der Waals surface area contributed by atoms with Crippen LogP contribution in [0.5, 0.6) is 0 Å². The van der Waals surface area contributed by atoms with Crippen molar-refractivity contribution >= 4 is 17.8 Å². The third-order valence-corrected chi connectivity index (χ3v) is 6.07. The average molecular weight is 469 g/mol. The quantitative estimate of drug-likeness (QED) is 0.404. The fourth-order valence-corrected chi connectivity index (χ4v) is 4.05. The summed E-state index contributed by atoms with van der Waals surface area (Å²) >= 11 is 0. The summed E-state index contributed by atoms with van der Waals surface area (Å²) in [6, 6.07) is 23.0. The number of hydrogen-bond acceptors (Lipinski definition) is 3. The molecule has 7 heteroatoms. The molecule has 4 aromatic rings. The summed E-state index contributed by atoms with van der Waals surface area (Å²) in [6.07, 6.45) is 3.57. The molecule has 0 unspecified atom stereocenters. The van der Waals surface area contributed by atoms with Gasteiger partial charge in [-0.2, -0.15) is 0 Å². The highest BCUT2D eigenvalue weighted by Crippen LogP contribution is 2.29. The van der Waals surface area contributed by atoms with E-state index in [-0.39, 0.29) is 30.2 Å². The first-order valence-electron chi connectivity index (χ1n) is 11.6. The van der Waals surface area contributed by atoms with Crippen molar-refractivity contribution in [1.29, 1.82) is 0 Å². The molecule has 1 fully saturated rings. The first kappa shape index (κ1) is 22.5. The summed E-state index contributed by atoms with van der Waals surface area (Å²) in [6.45, 7) is 1.82. The van der Waals surface area contributed by atoms with Crippen molar-refractivity contribution in [3.05, 3.63) is 102 Å². The number of carbonyl (C=O) groups excluding carboxylic acids is 2. The molecular weight excluding hydrogens is 443 g/mol. The summed E-state index contributed by atoms with van der Waals surface area (Å²) in [5, 5.41) is 2.87. The Balaban J connectivity index is 1.42. The number of rotatable bonds is 7. The molecule has 176 valence electrons. The van der Waals surface area contributed by atoms with E-state index in [0.29, 0.717) is 22.9 Å². The molecule has 0 saturated heterocycles. The summed E-state index contributed by atoms with van der Waals surface area (Å²) in [4.78, 5) is 32.7. The van der Waals surface area contributed by atoms with E-state index in [4.69, 9.17) is 0 Å². The average Bonchev–Trinajstić information content (AvgIpc) is 3.63. The Morgan fingerprint density at radius 3 is 2.37 bits per heavy atom. The molecule has 0 atom stereocenters. The Morgan fingerprint density at radius 2 is 1.69 bits per heavy atom. The lowest BCUT2D eigenvalue weighted by Crippen LogP contribution is -2.40. The van der Waals surface area contributed by atoms with Gasteiger partial charge in [0.05, 0.1) is 5.69 Å². The van der Waals surface area contributed by atoms with Crippen molar-refractivity contribution in [1.82, 2.24) is 14.5 Å². The molecule has 0 bridgehead atoms. The second kappa shape index (κ2) is 9.54. The van der Waals surface area contributed by atoms with Crippen molar-refractivity contribution in [2.24, 2.45) is 0 Å². The largest absolute Gasteiger partial charge is 0.326 e. The maximum Gasteiger partial charge on any atom is 0.254 e. The lowest BCUT2D eigenvalue weighted by Gasteiger charge is -2.22. The maximum atomic E-state index is 13.5. The molecule has 0 radical (unpaired) electrons. The van der Waals surface area contributed by atoms with Crippen LogP contribution in [0.15, 0.2) is 85.1 Å². The molecule has 35 heavy (non-hydrogen) atoms. The van der Waals surface area contributed by atoms with Gasteiger partial charge in [-0.05, 0) is 55.7 Å². The van der Waals surface area contributed by atoms with Crippen LogP contribution in [-0.2, 0) is 4.79 Å². The van der Waals surface area contributed by atoms with Crippen LogP contribution >= 0.6 is 0 Å².